The van der Waals surface area contributed by atoms with Crippen molar-refractivity contribution in [2.45, 2.75) is 32.1 Å². The van der Waals surface area contributed by atoms with E-state index in [4.69, 9.17) is 4.74 Å². The second kappa shape index (κ2) is 6.46. The predicted molar refractivity (Wildman–Crippen MR) is 103 cm³/mol. The number of nitrogens with one attached hydrogen (secondary N) is 1. The van der Waals surface area contributed by atoms with Gasteiger partial charge in [-0.25, -0.2) is 4.98 Å². The standard InChI is InChI=1S/C18H17BrN2O3S/c1-24-12-8-9(19)7-11(15(12)22)16-20-17(23)14-10-5-3-2-4-6-13(10)25-18(14)21-16/h7-8,22H,2-6H2,1H3,(H,20,21,23). The molecule has 130 valence electrons. The number of phenols is 1. The number of aryl methyl sites for hydroxylation is 2. The molecule has 1 aliphatic rings. The Bertz CT molecular complexity index is 1030. The molecule has 0 radical (unpaired) electrons. The molecule has 0 unspecified atom stereocenters. The fourth-order valence-corrected chi connectivity index (χ4v) is 5.08. The summed E-state index contributed by atoms with van der Waals surface area (Å²) in [6.07, 6.45) is 5.44. The van der Waals surface area contributed by atoms with Gasteiger partial charge in [-0.2, -0.15) is 0 Å². The number of hydrogen-bond donors (Lipinski definition) is 2. The van der Waals surface area contributed by atoms with Crippen LogP contribution in [0.25, 0.3) is 21.6 Å². The molecule has 3 aromatic rings. The molecule has 0 fully saturated rings. The van der Waals surface area contributed by atoms with Crippen molar-refractivity contribution in [2.75, 3.05) is 7.11 Å². The maximum Gasteiger partial charge on any atom is 0.260 e. The molecular formula is C18H17BrN2O3S. The quantitative estimate of drug-likeness (QED) is 0.602. The van der Waals surface area contributed by atoms with E-state index in [1.165, 1.54) is 18.4 Å². The van der Waals surface area contributed by atoms with Crippen LogP contribution in [0.3, 0.4) is 0 Å². The smallest absolute Gasteiger partial charge is 0.260 e. The van der Waals surface area contributed by atoms with Crippen molar-refractivity contribution in [3.63, 3.8) is 0 Å². The van der Waals surface area contributed by atoms with Crippen molar-refractivity contribution in [2.24, 2.45) is 0 Å². The molecule has 5 nitrogen and oxygen atoms in total. The number of halogens is 1. The van der Waals surface area contributed by atoms with Crippen molar-refractivity contribution in [3.05, 3.63) is 37.4 Å². The van der Waals surface area contributed by atoms with Crippen LogP contribution in [-0.2, 0) is 12.8 Å². The molecule has 2 N–H and O–H groups in total. The normalized spacial score (nSPS) is 14.3. The van der Waals surface area contributed by atoms with Crippen molar-refractivity contribution < 1.29 is 9.84 Å². The number of aromatic hydroxyl groups is 1. The van der Waals surface area contributed by atoms with E-state index in [2.05, 4.69) is 25.9 Å². The van der Waals surface area contributed by atoms with Gasteiger partial charge in [0.25, 0.3) is 5.56 Å². The Morgan fingerprint density at radius 3 is 2.88 bits per heavy atom. The van der Waals surface area contributed by atoms with Gasteiger partial charge in [0.1, 0.15) is 10.7 Å². The van der Waals surface area contributed by atoms with Gasteiger partial charge in [0.15, 0.2) is 11.5 Å². The van der Waals surface area contributed by atoms with Crippen molar-refractivity contribution in [1.29, 1.82) is 0 Å². The second-order valence-corrected chi connectivity index (χ2v) is 8.16. The molecular weight excluding hydrogens is 404 g/mol. The summed E-state index contributed by atoms with van der Waals surface area (Å²) in [7, 11) is 1.49. The Kier molecular flexibility index (Phi) is 4.29. The minimum absolute atomic E-state index is 0.0358. The molecule has 0 spiro atoms. The van der Waals surface area contributed by atoms with Gasteiger partial charge in [-0.15, -0.1) is 11.3 Å². The average Bonchev–Trinajstić information content (AvgIpc) is 2.78. The highest BCUT2D eigenvalue weighted by atomic mass is 79.9. The first-order valence-electron chi connectivity index (χ1n) is 8.20. The zero-order valence-electron chi connectivity index (χ0n) is 13.7. The predicted octanol–water partition coefficient (Wildman–Crippen LogP) is 4.40. The van der Waals surface area contributed by atoms with Gasteiger partial charge in [-0.3, -0.25) is 4.79 Å². The number of benzene rings is 1. The molecule has 1 aliphatic carbocycles. The number of nitrogens with zero attached hydrogens (tertiary/aromatic N) is 1. The summed E-state index contributed by atoms with van der Waals surface area (Å²) in [5.41, 5.74) is 1.46. The second-order valence-electron chi connectivity index (χ2n) is 6.16. The maximum atomic E-state index is 12.8. The Labute approximate surface area is 156 Å². The summed E-state index contributed by atoms with van der Waals surface area (Å²) in [6.45, 7) is 0. The number of ether oxygens (including phenoxy) is 1. The number of aromatic amines is 1. The summed E-state index contributed by atoms with van der Waals surface area (Å²) in [5.74, 6) is 0.645. The van der Waals surface area contributed by atoms with E-state index in [9.17, 15) is 9.90 Å². The van der Waals surface area contributed by atoms with E-state index in [1.807, 2.05) is 0 Å². The number of H-pyrrole nitrogens is 1. The van der Waals surface area contributed by atoms with Gasteiger partial charge in [0.05, 0.1) is 18.1 Å². The van der Waals surface area contributed by atoms with Crippen molar-refractivity contribution in [1.82, 2.24) is 9.97 Å². The zero-order chi connectivity index (χ0) is 17.6. The number of phenolic OH excluding ortho intramolecular Hbond substituents is 1. The van der Waals surface area contributed by atoms with Crippen molar-refractivity contribution in [3.8, 4) is 22.9 Å². The van der Waals surface area contributed by atoms with Gasteiger partial charge < -0.3 is 14.8 Å². The third-order valence-corrected chi connectivity index (χ3v) is 6.23. The lowest BCUT2D eigenvalue weighted by atomic mass is 10.1. The van der Waals surface area contributed by atoms with E-state index >= 15 is 0 Å². The van der Waals surface area contributed by atoms with E-state index in [1.54, 1.807) is 23.5 Å². The van der Waals surface area contributed by atoms with Crippen LogP contribution in [0.5, 0.6) is 11.5 Å². The van der Waals surface area contributed by atoms with Gasteiger partial charge in [0.2, 0.25) is 0 Å². The summed E-state index contributed by atoms with van der Waals surface area (Å²) < 4.78 is 5.93. The minimum Gasteiger partial charge on any atom is -0.504 e. The Hall–Kier alpha value is -1.86. The molecule has 0 aliphatic heterocycles. The highest BCUT2D eigenvalue weighted by Gasteiger charge is 2.21. The average molecular weight is 421 g/mol. The number of methoxy groups -OCH3 is 1. The molecule has 1 aromatic carbocycles. The lowest BCUT2D eigenvalue weighted by Gasteiger charge is -2.09. The van der Waals surface area contributed by atoms with Gasteiger partial charge in [0, 0.05) is 9.35 Å². The van der Waals surface area contributed by atoms with Crippen LogP contribution in [0.1, 0.15) is 29.7 Å². The monoisotopic (exact) mass is 420 g/mol. The Morgan fingerprint density at radius 2 is 2.08 bits per heavy atom. The zero-order valence-corrected chi connectivity index (χ0v) is 16.1. The first-order valence-corrected chi connectivity index (χ1v) is 9.81. The van der Waals surface area contributed by atoms with Crippen LogP contribution < -0.4 is 10.3 Å². The van der Waals surface area contributed by atoms with E-state index in [0.717, 1.165) is 40.5 Å². The summed E-state index contributed by atoms with van der Waals surface area (Å²) >= 11 is 5.00. The lowest BCUT2D eigenvalue weighted by molar-refractivity contribution is 0.374. The molecule has 0 atom stereocenters. The Morgan fingerprint density at radius 1 is 1.28 bits per heavy atom. The van der Waals surface area contributed by atoms with Crippen LogP contribution in [0.4, 0.5) is 0 Å². The highest BCUT2D eigenvalue weighted by molar-refractivity contribution is 9.10. The van der Waals surface area contributed by atoms with Crippen LogP contribution in [0.2, 0.25) is 0 Å². The summed E-state index contributed by atoms with van der Waals surface area (Å²) in [6, 6.07) is 3.39. The van der Waals surface area contributed by atoms with Gasteiger partial charge >= 0.3 is 0 Å². The maximum absolute atomic E-state index is 12.8. The van der Waals surface area contributed by atoms with E-state index < -0.39 is 0 Å². The highest BCUT2D eigenvalue weighted by Crippen LogP contribution is 2.39. The topological polar surface area (TPSA) is 75.2 Å². The van der Waals surface area contributed by atoms with Crippen molar-refractivity contribution >= 4 is 37.5 Å². The minimum atomic E-state index is -0.141. The number of thiophene rings is 1. The molecule has 0 saturated heterocycles. The number of aromatic nitrogens is 2. The largest absolute Gasteiger partial charge is 0.504 e. The third kappa shape index (κ3) is 2.85. The fraction of sp³-hybridized carbons (Fsp3) is 0.333. The Balaban J connectivity index is 1.94. The molecule has 7 heteroatoms. The summed E-state index contributed by atoms with van der Waals surface area (Å²) in [4.78, 5) is 22.3. The van der Waals surface area contributed by atoms with Crippen LogP contribution in [0.15, 0.2) is 21.4 Å². The fourth-order valence-electron chi connectivity index (χ4n) is 3.38. The number of hydrogen-bond acceptors (Lipinski definition) is 5. The lowest BCUT2D eigenvalue weighted by Crippen LogP contribution is -2.10. The molecule has 2 heterocycles. The first kappa shape index (κ1) is 16.6. The van der Waals surface area contributed by atoms with Gasteiger partial charge in [-0.1, -0.05) is 22.4 Å². The molecule has 0 saturated carbocycles. The number of fused-ring (bicyclic) bond motifs is 3. The SMILES string of the molecule is COc1cc(Br)cc(-c2nc3sc4c(c3c(=O)[nH]2)CCCCC4)c1O. The van der Waals surface area contributed by atoms with E-state index in [-0.39, 0.29) is 11.3 Å². The summed E-state index contributed by atoms with van der Waals surface area (Å²) in [5, 5.41) is 11.1. The molecule has 4 rings (SSSR count). The molecule has 2 aromatic heterocycles. The number of rotatable bonds is 2. The molecule has 25 heavy (non-hydrogen) atoms. The van der Waals surface area contributed by atoms with Crippen LogP contribution in [-0.4, -0.2) is 22.2 Å². The molecule has 0 amide bonds. The van der Waals surface area contributed by atoms with Crippen LogP contribution in [0, 0.1) is 0 Å². The van der Waals surface area contributed by atoms with Gasteiger partial charge in [-0.05, 0) is 43.4 Å². The first-order chi connectivity index (χ1) is 12.1. The van der Waals surface area contributed by atoms with E-state index in [0.29, 0.717) is 22.5 Å². The molecule has 0 bridgehead atoms. The van der Waals surface area contributed by atoms with Crippen LogP contribution >= 0.6 is 27.3 Å². The third-order valence-electron chi connectivity index (χ3n) is 4.59.